The molecule has 2 aromatic carbocycles. The quantitative estimate of drug-likeness (QED) is 0.584. The fourth-order valence-corrected chi connectivity index (χ4v) is 3.64. The minimum atomic E-state index is -0.372. The molecule has 0 saturated heterocycles. The summed E-state index contributed by atoms with van der Waals surface area (Å²) < 4.78 is 14.6. The Hall–Kier alpha value is -2.55. The number of aryl methyl sites for hydroxylation is 1. The molecule has 0 N–H and O–H groups in total. The highest BCUT2D eigenvalue weighted by Gasteiger charge is 2.36. The number of pyridine rings is 1. The highest BCUT2D eigenvalue weighted by Crippen LogP contribution is 2.40. The summed E-state index contributed by atoms with van der Waals surface area (Å²) in [5.74, 6) is -0.141. The van der Waals surface area contributed by atoms with Crippen molar-refractivity contribution in [3.8, 4) is 0 Å². The first-order valence-electron chi connectivity index (χ1n) is 8.64. The summed E-state index contributed by atoms with van der Waals surface area (Å²) in [6, 6.07) is 15.4. The Morgan fingerprint density at radius 3 is 2.56 bits per heavy atom. The second-order valence-corrected chi connectivity index (χ2v) is 7.35. The zero-order valence-electron chi connectivity index (χ0n) is 15.0. The molecule has 2 heterocycles. The smallest absolute Gasteiger partial charge is 0.127 e. The number of para-hydroxylation sites is 1. The lowest BCUT2D eigenvalue weighted by molar-refractivity contribution is 0.417. The van der Waals surface area contributed by atoms with Crippen LogP contribution in [0.2, 0.25) is 0 Å². The van der Waals surface area contributed by atoms with Crippen LogP contribution in [0.15, 0.2) is 53.5 Å². The number of fused-ring (bicyclic) bond motifs is 2. The van der Waals surface area contributed by atoms with Gasteiger partial charge in [-0.25, -0.2) is 4.39 Å². The van der Waals surface area contributed by atoms with E-state index in [0.29, 0.717) is 0 Å². The van der Waals surface area contributed by atoms with E-state index in [4.69, 9.17) is 9.98 Å². The molecule has 1 unspecified atom stereocenters. The van der Waals surface area contributed by atoms with Crippen LogP contribution in [0.4, 0.5) is 4.39 Å². The molecule has 3 aromatic rings. The van der Waals surface area contributed by atoms with E-state index >= 15 is 0 Å². The summed E-state index contributed by atoms with van der Waals surface area (Å²) in [6.07, 6.45) is 0. The Morgan fingerprint density at radius 1 is 1.00 bits per heavy atom. The monoisotopic (exact) mass is 332 g/mol. The third-order valence-corrected chi connectivity index (χ3v) is 5.37. The van der Waals surface area contributed by atoms with Crippen molar-refractivity contribution in [2.45, 2.75) is 39.2 Å². The highest BCUT2D eigenvalue weighted by atomic mass is 19.1. The van der Waals surface area contributed by atoms with E-state index in [0.717, 1.165) is 39.0 Å². The predicted octanol–water partition coefficient (Wildman–Crippen LogP) is 5.42. The number of rotatable bonds is 1. The molecular formula is C22H21FN2. The normalized spacial score (nSPS) is 18.8. The maximum Gasteiger partial charge on any atom is 0.127 e. The van der Waals surface area contributed by atoms with Crippen LogP contribution in [0.3, 0.4) is 0 Å². The van der Waals surface area contributed by atoms with Gasteiger partial charge < -0.3 is 0 Å². The first-order valence-corrected chi connectivity index (χ1v) is 8.64. The van der Waals surface area contributed by atoms with Crippen molar-refractivity contribution >= 4 is 16.6 Å². The van der Waals surface area contributed by atoms with Crippen molar-refractivity contribution in [1.82, 2.24) is 4.98 Å². The first kappa shape index (κ1) is 15.9. The van der Waals surface area contributed by atoms with Crippen LogP contribution in [-0.4, -0.2) is 16.2 Å². The summed E-state index contributed by atoms with van der Waals surface area (Å²) in [5.41, 5.74) is 4.96. The molecule has 1 atom stereocenters. The summed E-state index contributed by atoms with van der Waals surface area (Å²) >= 11 is 0. The lowest BCUT2D eigenvalue weighted by Gasteiger charge is -2.36. The van der Waals surface area contributed by atoms with Crippen LogP contribution < -0.4 is 0 Å². The maximum absolute atomic E-state index is 14.6. The molecular weight excluding hydrogens is 311 g/mol. The zero-order chi connectivity index (χ0) is 17.8. The van der Waals surface area contributed by atoms with Crippen molar-refractivity contribution < 1.29 is 4.39 Å². The molecule has 0 radical (unpaired) electrons. The van der Waals surface area contributed by atoms with Gasteiger partial charge in [0.2, 0.25) is 0 Å². The van der Waals surface area contributed by atoms with E-state index < -0.39 is 0 Å². The predicted molar refractivity (Wildman–Crippen MR) is 101 cm³/mol. The van der Waals surface area contributed by atoms with E-state index in [9.17, 15) is 4.39 Å². The number of halogens is 1. The molecule has 0 bridgehead atoms. The number of hydrogen-bond donors (Lipinski definition) is 0. The average Bonchev–Trinajstić information content (AvgIpc) is 2.57. The third-order valence-electron chi connectivity index (χ3n) is 5.37. The van der Waals surface area contributed by atoms with Gasteiger partial charge in [0.1, 0.15) is 5.82 Å². The van der Waals surface area contributed by atoms with Crippen LogP contribution >= 0.6 is 0 Å². The van der Waals surface area contributed by atoms with Gasteiger partial charge in [0.15, 0.2) is 0 Å². The molecule has 1 aliphatic rings. The van der Waals surface area contributed by atoms with E-state index in [1.807, 2.05) is 38.1 Å². The van der Waals surface area contributed by atoms with Crippen LogP contribution in [0.25, 0.3) is 10.9 Å². The second kappa shape index (κ2) is 5.48. The van der Waals surface area contributed by atoms with Crippen molar-refractivity contribution in [2.24, 2.45) is 4.99 Å². The van der Waals surface area contributed by atoms with Gasteiger partial charge in [-0.1, -0.05) is 37.3 Å². The summed E-state index contributed by atoms with van der Waals surface area (Å²) in [6.45, 7) is 8.18. The number of aromatic nitrogens is 1. The lowest BCUT2D eigenvalue weighted by atomic mass is 9.76. The second-order valence-electron chi connectivity index (χ2n) is 7.35. The number of nitrogens with zero attached hydrogens (tertiary/aromatic N) is 2. The fourth-order valence-electron chi connectivity index (χ4n) is 3.64. The Morgan fingerprint density at radius 2 is 1.76 bits per heavy atom. The molecule has 0 spiro atoms. The molecule has 126 valence electrons. The third kappa shape index (κ3) is 2.46. The van der Waals surface area contributed by atoms with Gasteiger partial charge in [-0.15, -0.1) is 0 Å². The van der Waals surface area contributed by atoms with Gasteiger partial charge in [-0.3, -0.25) is 9.98 Å². The molecule has 0 fully saturated rings. The van der Waals surface area contributed by atoms with Gasteiger partial charge in [0, 0.05) is 33.7 Å². The van der Waals surface area contributed by atoms with Crippen LogP contribution in [0.5, 0.6) is 0 Å². The number of aliphatic imine (C=N–C) groups is 1. The molecule has 3 heteroatoms. The summed E-state index contributed by atoms with van der Waals surface area (Å²) in [7, 11) is 0. The van der Waals surface area contributed by atoms with E-state index in [1.54, 1.807) is 12.1 Å². The molecule has 1 aliphatic heterocycles. The number of benzene rings is 2. The molecule has 0 aliphatic carbocycles. The molecule has 0 saturated carbocycles. The van der Waals surface area contributed by atoms with Crippen molar-refractivity contribution in [2.75, 3.05) is 0 Å². The SMILES string of the molecule is Cc1nc2ccccc2cc1C1=NC(C)(C)C(C)c2c(F)cccc21. The average molecular weight is 332 g/mol. The molecule has 25 heavy (non-hydrogen) atoms. The van der Waals surface area contributed by atoms with Crippen LogP contribution in [0.1, 0.15) is 49.1 Å². The molecule has 4 rings (SSSR count). The summed E-state index contributed by atoms with van der Waals surface area (Å²) in [5, 5.41) is 1.07. The Bertz CT molecular complexity index is 1020. The number of hydrogen-bond acceptors (Lipinski definition) is 2. The highest BCUT2D eigenvalue weighted by molar-refractivity contribution is 6.16. The molecule has 0 amide bonds. The van der Waals surface area contributed by atoms with Crippen molar-refractivity contribution in [1.29, 1.82) is 0 Å². The van der Waals surface area contributed by atoms with Crippen LogP contribution in [0, 0.1) is 12.7 Å². The van der Waals surface area contributed by atoms with E-state index in [-0.39, 0.29) is 17.3 Å². The molecule has 2 nitrogen and oxygen atoms in total. The van der Waals surface area contributed by atoms with Crippen molar-refractivity contribution in [3.05, 3.63) is 76.7 Å². The van der Waals surface area contributed by atoms with Gasteiger partial charge in [-0.2, -0.15) is 0 Å². The Kier molecular flexibility index (Phi) is 3.50. The lowest BCUT2D eigenvalue weighted by Crippen LogP contribution is -2.34. The van der Waals surface area contributed by atoms with Crippen LogP contribution in [-0.2, 0) is 0 Å². The zero-order valence-corrected chi connectivity index (χ0v) is 15.0. The Balaban J connectivity index is 2.02. The van der Waals surface area contributed by atoms with E-state index in [2.05, 4.69) is 26.0 Å². The van der Waals surface area contributed by atoms with Gasteiger partial charge in [0.25, 0.3) is 0 Å². The topological polar surface area (TPSA) is 25.2 Å². The first-order chi connectivity index (χ1) is 11.9. The van der Waals surface area contributed by atoms with Gasteiger partial charge >= 0.3 is 0 Å². The summed E-state index contributed by atoms with van der Waals surface area (Å²) in [4.78, 5) is 9.76. The fraction of sp³-hybridized carbons (Fsp3) is 0.273. The van der Waals surface area contributed by atoms with E-state index in [1.165, 1.54) is 0 Å². The Labute approximate surface area is 147 Å². The largest absolute Gasteiger partial charge is 0.277 e. The van der Waals surface area contributed by atoms with Crippen molar-refractivity contribution in [3.63, 3.8) is 0 Å². The minimum absolute atomic E-state index is 0.0150. The maximum atomic E-state index is 14.6. The van der Waals surface area contributed by atoms with Gasteiger partial charge in [-0.05, 0) is 39.0 Å². The standard InChI is InChI=1S/C22H21FN2/c1-13-20-16(9-7-10-18(20)23)21(25-22(13,3)4)17-12-15-8-5-6-11-19(15)24-14(17)2/h5-13H,1-4H3. The van der Waals surface area contributed by atoms with Gasteiger partial charge in [0.05, 0.1) is 16.8 Å². The molecule has 1 aromatic heterocycles. The minimum Gasteiger partial charge on any atom is -0.277 e.